The molecule has 2 rings (SSSR count). The number of benzene rings is 1. The molecule has 1 aromatic carbocycles. The lowest BCUT2D eigenvalue weighted by molar-refractivity contribution is 0.0690. The summed E-state index contributed by atoms with van der Waals surface area (Å²) in [6.45, 7) is 0.663. The molecule has 0 saturated heterocycles. The molecule has 0 aliphatic rings. The van der Waals surface area contributed by atoms with E-state index in [9.17, 15) is 9.59 Å². The molecule has 0 bridgehead atoms. The van der Waals surface area contributed by atoms with Crippen LogP contribution in [0.25, 0.3) is 0 Å². The highest BCUT2D eigenvalue weighted by Crippen LogP contribution is 2.11. The number of aromatic nitrogens is 3. The molecule has 98 valence electrons. The second kappa shape index (κ2) is 5.76. The number of hydrogen-bond donors (Lipinski definition) is 1. The van der Waals surface area contributed by atoms with Crippen molar-refractivity contribution in [2.75, 3.05) is 6.61 Å². The monoisotopic (exact) mass is 261 g/mol. The lowest BCUT2D eigenvalue weighted by atomic mass is 10.2. The highest BCUT2D eigenvalue weighted by atomic mass is 16.5. The number of nitrogens with zero attached hydrogens (tertiary/aromatic N) is 3. The van der Waals surface area contributed by atoms with Gasteiger partial charge in [0.2, 0.25) is 0 Å². The Morgan fingerprint density at radius 3 is 3.00 bits per heavy atom. The number of aldehydes is 1. The first-order valence-corrected chi connectivity index (χ1v) is 5.50. The van der Waals surface area contributed by atoms with E-state index >= 15 is 0 Å². The van der Waals surface area contributed by atoms with Gasteiger partial charge < -0.3 is 9.84 Å². The highest BCUT2D eigenvalue weighted by Gasteiger charge is 2.07. The van der Waals surface area contributed by atoms with Gasteiger partial charge in [0.25, 0.3) is 0 Å². The predicted molar refractivity (Wildman–Crippen MR) is 64.3 cm³/mol. The summed E-state index contributed by atoms with van der Waals surface area (Å²) >= 11 is 0. The van der Waals surface area contributed by atoms with Crippen LogP contribution < -0.4 is 4.74 Å². The highest BCUT2D eigenvalue weighted by molar-refractivity contribution is 5.84. The lowest BCUT2D eigenvalue weighted by Gasteiger charge is -2.05. The van der Waals surface area contributed by atoms with Crippen molar-refractivity contribution in [3.8, 4) is 5.75 Å². The van der Waals surface area contributed by atoms with Crippen LogP contribution in [0.2, 0.25) is 0 Å². The smallest absolute Gasteiger partial charge is 0.358 e. The maximum atomic E-state index is 10.6. The molecular formula is C12H11N3O4. The normalized spacial score (nSPS) is 10.1. The number of rotatable bonds is 6. The largest absolute Gasteiger partial charge is 0.492 e. The number of carbonyl (C=O) groups is 2. The van der Waals surface area contributed by atoms with E-state index in [0.29, 0.717) is 24.5 Å². The Kier molecular flexibility index (Phi) is 3.87. The third-order valence-electron chi connectivity index (χ3n) is 2.34. The fraction of sp³-hybridized carbons (Fsp3) is 0.167. The molecular weight excluding hydrogens is 250 g/mol. The molecule has 0 aliphatic carbocycles. The lowest BCUT2D eigenvalue weighted by Crippen LogP contribution is -2.08. The van der Waals surface area contributed by atoms with Gasteiger partial charge in [-0.1, -0.05) is 17.3 Å². The molecule has 0 atom stereocenters. The summed E-state index contributed by atoms with van der Waals surface area (Å²) in [4.78, 5) is 21.2. The fourth-order valence-corrected chi connectivity index (χ4v) is 1.44. The Bertz CT molecular complexity index is 594. The van der Waals surface area contributed by atoms with E-state index in [4.69, 9.17) is 9.84 Å². The zero-order chi connectivity index (χ0) is 13.7. The maximum absolute atomic E-state index is 10.6. The van der Waals surface area contributed by atoms with Crippen LogP contribution in [-0.2, 0) is 6.54 Å². The first-order valence-electron chi connectivity index (χ1n) is 5.50. The summed E-state index contributed by atoms with van der Waals surface area (Å²) in [5.74, 6) is -0.547. The van der Waals surface area contributed by atoms with Crippen molar-refractivity contribution in [2.45, 2.75) is 6.54 Å². The number of ether oxygens (including phenoxy) is 1. The van der Waals surface area contributed by atoms with Crippen LogP contribution in [0, 0.1) is 0 Å². The SMILES string of the molecule is O=Cc1cccc(OCCn2cc(C(=O)O)nn2)c1. The molecule has 1 N–H and O–H groups in total. The minimum absolute atomic E-state index is 0.108. The minimum Gasteiger partial charge on any atom is -0.492 e. The third kappa shape index (κ3) is 3.38. The zero-order valence-electron chi connectivity index (χ0n) is 9.89. The Labute approximate surface area is 108 Å². The van der Waals surface area contributed by atoms with Crippen molar-refractivity contribution < 1.29 is 19.4 Å². The summed E-state index contributed by atoms with van der Waals surface area (Å²) < 4.78 is 6.81. The fourth-order valence-electron chi connectivity index (χ4n) is 1.44. The van der Waals surface area contributed by atoms with E-state index in [2.05, 4.69) is 10.3 Å². The van der Waals surface area contributed by atoms with Crippen molar-refractivity contribution in [2.24, 2.45) is 0 Å². The molecule has 19 heavy (non-hydrogen) atoms. The quantitative estimate of drug-likeness (QED) is 0.775. The van der Waals surface area contributed by atoms with Gasteiger partial charge in [0.15, 0.2) is 5.69 Å². The van der Waals surface area contributed by atoms with Crippen molar-refractivity contribution in [1.29, 1.82) is 0 Å². The van der Waals surface area contributed by atoms with Gasteiger partial charge in [0.05, 0.1) is 12.7 Å². The van der Waals surface area contributed by atoms with Crippen LogP contribution in [0.5, 0.6) is 5.75 Å². The van der Waals surface area contributed by atoms with Crippen LogP contribution >= 0.6 is 0 Å². The topological polar surface area (TPSA) is 94.3 Å². The Morgan fingerprint density at radius 1 is 1.47 bits per heavy atom. The summed E-state index contributed by atoms with van der Waals surface area (Å²) in [5.41, 5.74) is 0.425. The van der Waals surface area contributed by atoms with Crippen molar-refractivity contribution in [3.05, 3.63) is 41.7 Å². The van der Waals surface area contributed by atoms with Crippen LogP contribution in [0.15, 0.2) is 30.5 Å². The first-order chi connectivity index (χ1) is 9.19. The molecule has 2 aromatic rings. The molecule has 0 aliphatic heterocycles. The average molecular weight is 261 g/mol. The van der Waals surface area contributed by atoms with Crippen LogP contribution in [0.1, 0.15) is 20.8 Å². The molecule has 0 unspecified atom stereocenters. The van der Waals surface area contributed by atoms with Gasteiger partial charge in [-0.2, -0.15) is 0 Å². The molecule has 0 spiro atoms. The van der Waals surface area contributed by atoms with E-state index in [0.717, 1.165) is 6.29 Å². The van der Waals surface area contributed by atoms with Gasteiger partial charge in [0, 0.05) is 5.56 Å². The summed E-state index contributed by atoms with van der Waals surface area (Å²) in [6, 6.07) is 6.75. The maximum Gasteiger partial charge on any atom is 0.358 e. The third-order valence-corrected chi connectivity index (χ3v) is 2.34. The van der Waals surface area contributed by atoms with Gasteiger partial charge in [-0.05, 0) is 12.1 Å². The summed E-state index contributed by atoms with van der Waals surface area (Å²) in [6.07, 6.45) is 2.07. The van der Waals surface area contributed by atoms with E-state index in [1.807, 2.05) is 0 Å². The average Bonchev–Trinajstić information content (AvgIpc) is 2.88. The van der Waals surface area contributed by atoms with Crippen molar-refractivity contribution in [1.82, 2.24) is 15.0 Å². The minimum atomic E-state index is -1.12. The Hall–Kier alpha value is -2.70. The number of hydrogen-bond acceptors (Lipinski definition) is 5. The molecule has 7 heteroatoms. The molecule has 0 radical (unpaired) electrons. The van der Waals surface area contributed by atoms with Crippen LogP contribution in [0.4, 0.5) is 0 Å². The van der Waals surface area contributed by atoms with Gasteiger partial charge in [-0.15, -0.1) is 5.10 Å². The summed E-state index contributed by atoms with van der Waals surface area (Å²) in [7, 11) is 0. The number of aromatic carboxylic acids is 1. The number of carboxylic acids is 1. The van der Waals surface area contributed by atoms with Crippen LogP contribution in [-0.4, -0.2) is 39.0 Å². The molecule has 0 fully saturated rings. The first kappa shape index (κ1) is 12.7. The molecule has 0 saturated carbocycles. The number of carbonyl (C=O) groups excluding carboxylic acids is 1. The second-order valence-electron chi connectivity index (χ2n) is 3.71. The van der Waals surface area contributed by atoms with E-state index in [1.165, 1.54) is 10.9 Å². The van der Waals surface area contributed by atoms with Crippen molar-refractivity contribution >= 4 is 12.3 Å². The van der Waals surface area contributed by atoms with E-state index in [1.54, 1.807) is 24.3 Å². The molecule has 0 amide bonds. The second-order valence-corrected chi connectivity index (χ2v) is 3.71. The molecule has 1 heterocycles. The number of carboxylic acid groups (broad SMARTS) is 1. The summed E-state index contributed by atoms with van der Waals surface area (Å²) in [5, 5.41) is 15.8. The zero-order valence-corrected chi connectivity index (χ0v) is 9.89. The van der Waals surface area contributed by atoms with Crippen LogP contribution in [0.3, 0.4) is 0 Å². The Balaban J connectivity index is 1.88. The predicted octanol–water partition coefficient (Wildman–Crippen LogP) is 0.868. The van der Waals surface area contributed by atoms with Gasteiger partial charge >= 0.3 is 5.97 Å². The van der Waals surface area contributed by atoms with Gasteiger partial charge in [-0.25, -0.2) is 9.48 Å². The van der Waals surface area contributed by atoms with Gasteiger partial charge in [0.1, 0.15) is 18.6 Å². The van der Waals surface area contributed by atoms with E-state index < -0.39 is 5.97 Å². The molecule has 1 aromatic heterocycles. The standard InChI is InChI=1S/C12H11N3O4/c16-8-9-2-1-3-10(6-9)19-5-4-15-7-11(12(17)18)13-14-15/h1-3,6-8H,4-5H2,(H,17,18). The van der Waals surface area contributed by atoms with Crippen molar-refractivity contribution in [3.63, 3.8) is 0 Å². The van der Waals surface area contributed by atoms with E-state index in [-0.39, 0.29) is 5.69 Å². The van der Waals surface area contributed by atoms with Gasteiger partial charge in [-0.3, -0.25) is 4.79 Å². The Morgan fingerprint density at radius 2 is 2.32 bits per heavy atom. The molecule has 7 nitrogen and oxygen atoms in total.